The van der Waals surface area contributed by atoms with Crippen LogP contribution in [0.4, 0.5) is 5.69 Å². The number of likely N-dealkylation sites (tertiary alicyclic amines) is 1. The van der Waals surface area contributed by atoms with Crippen LogP contribution < -0.4 is 4.90 Å². The zero-order valence-corrected chi connectivity index (χ0v) is 26.6. The van der Waals surface area contributed by atoms with Gasteiger partial charge in [-0.15, -0.1) is 24.9 Å². The van der Waals surface area contributed by atoms with Crippen molar-refractivity contribution in [1.82, 2.24) is 9.80 Å². The predicted molar refractivity (Wildman–Crippen MR) is 181 cm³/mol. The number of rotatable bonds is 12. The lowest BCUT2D eigenvalue weighted by Gasteiger charge is -2.39. The van der Waals surface area contributed by atoms with Crippen molar-refractivity contribution in [2.75, 3.05) is 24.6 Å². The third-order valence-electron chi connectivity index (χ3n) is 9.83. The van der Waals surface area contributed by atoms with E-state index in [4.69, 9.17) is 0 Å². The van der Waals surface area contributed by atoms with Crippen molar-refractivity contribution in [3.8, 4) is 0 Å². The van der Waals surface area contributed by atoms with Crippen LogP contribution in [0, 0.1) is 11.8 Å². The number of nitrogens with zero attached hydrogens (tertiary/aromatic N) is 3. The number of amides is 3. The number of fused-ring (bicyclic) bond motifs is 2. The lowest BCUT2D eigenvalue weighted by atomic mass is 9.70. The van der Waals surface area contributed by atoms with Crippen LogP contribution in [-0.2, 0) is 20.9 Å². The molecule has 3 aromatic carbocycles. The van der Waals surface area contributed by atoms with Crippen molar-refractivity contribution in [3.63, 3.8) is 0 Å². The normalized spacial score (nSPS) is 25.6. The van der Waals surface area contributed by atoms with Crippen LogP contribution in [0.2, 0.25) is 0 Å². The molecule has 0 aliphatic carbocycles. The van der Waals surface area contributed by atoms with Gasteiger partial charge in [-0.25, -0.2) is 0 Å². The zero-order chi connectivity index (χ0) is 31.7. The lowest BCUT2D eigenvalue weighted by molar-refractivity contribution is -0.145. The molecule has 2 unspecified atom stereocenters. The fraction of sp³-hybridized carbons (Fsp3) is 0.378. The summed E-state index contributed by atoms with van der Waals surface area (Å²) in [6, 6.07) is 22.4. The second-order valence-corrected chi connectivity index (χ2v) is 13.9. The summed E-state index contributed by atoms with van der Waals surface area (Å²) in [6.07, 6.45) is 5.34. The minimum Gasteiger partial charge on any atom is -0.394 e. The van der Waals surface area contributed by atoms with E-state index in [0.29, 0.717) is 25.9 Å². The van der Waals surface area contributed by atoms with Crippen LogP contribution in [0.15, 0.2) is 98.1 Å². The molecule has 234 valence electrons. The van der Waals surface area contributed by atoms with Crippen LogP contribution in [-0.4, -0.2) is 74.4 Å². The monoisotopic (exact) mass is 623 g/mol. The molecule has 3 aromatic rings. The smallest absolute Gasteiger partial charge is 0.251 e. The topological polar surface area (TPSA) is 81.2 Å². The molecular weight excluding hydrogens is 582 g/mol. The van der Waals surface area contributed by atoms with Crippen LogP contribution in [0.1, 0.15) is 31.7 Å². The Balaban J connectivity index is 1.40. The van der Waals surface area contributed by atoms with Gasteiger partial charge >= 0.3 is 0 Å². The fourth-order valence-corrected chi connectivity index (χ4v) is 10.00. The van der Waals surface area contributed by atoms with Crippen molar-refractivity contribution in [3.05, 3.63) is 104 Å². The molecule has 3 aliphatic rings. The maximum atomic E-state index is 14.9. The second-order valence-electron chi connectivity index (χ2n) is 12.3. The van der Waals surface area contributed by atoms with E-state index in [-0.39, 0.29) is 36.1 Å². The van der Waals surface area contributed by atoms with Gasteiger partial charge in [-0.2, -0.15) is 0 Å². The first kappa shape index (κ1) is 31.1. The highest BCUT2D eigenvalue weighted by Crippen LogP contribution is 2.67. The minimum absolute atomic E-state index is 0.0604. The number of carbonyl (C=O) groups excluding carboxylic acids is 3. The van der Waals surface area contributed by atoms with Crippen LogP contribution in [0.5, 0.6) is 0 Å². The van der Waals surface area contributed by atoms with E-state index >= 15 is 0 Å². The van der Waals surface area contributed by atoms with Gasteiger partial charge in [0.1, 0.15) is 6.04 Å². The number of carbonyl (C=O) groups is 3. The van der Waals surface area contributed by atoms with Gasteiger partial charge in [0.25, 0.3) is 5.91 Å². The quantitative estimate of drug-likeness (QED) is 0.272. The highest BCUT2D eigenvalue weighted by atomic mass is 32.2. The lowest BCUT2D eigenvalue weighted by Crippen LogP contribution is -2.57. The Morgan fingerprint density at radius 2 is 1.73 bits per heavy atom. The molecule has 1 spiro atoms. The van der Waals surface area contributed by atoms with E-state index in [0.717, 1.165) is 28.4 Å². The van der Waals surface area contributed by atoms with E-state index in [2.05, 4.69) is 13.2 Å². The molecule has 1 N–H and O–H groups in total. The highest BCUT2D eigenvalue weighted by molar-refractivity contribution is 8.02. The number of aliphatic hydroxyl groups is 1. The first-order valence-electron chi connectivity index (χ1n) is 15.8. The van der Waals surface area contributed by atoms with Crippen molar-refractivity contribution >= 4 is 45.9 Å². The third-order valence-corrected chi connectivity index (χ3v) is 11.8. The molecular formula is C37H41N3O4S. The maximum Gasteiger partial charge on any atom is 0.251 e. The first-order chi connectivity index (χ1) is 21.9. The number of anilines is 1. The number of aliphatic hydroxyl groups excluding tert-OH is 1. The summed E-state index contributed by atoms with van der Waals surface area (Å²) in [5.41, 5.74) is 1.74. The average Bonchev–Trinajstić information content (AvgIpc) is 3.71. The van der Waals surface area contributed by atoms with Crippen molar-refractivity contribution in [2.45, 2.75) is 54.8 Å². The summed E-state index contributed by atoms with van der Waals surface area (Å²) >= 11 is 1.65. The minimum atomic E-state index is -0.812. The molecule has 0 saturated carbocycles. The Hall–Kier alpha value is -3.88. The summed E-state index contributed by atoms with van der Waals surface area (Å²) < 4.78 is -0.759. The van der Waals surface area contributed by atoms with E-state index in [9.17, 15) is 19.5 Å². The molecule has 3 aliphatic heterocycles. The van der Waals surface area contributed by atoms with Gasteiger partial charge in [0.15, 0.2) is 0 Å². The van der Waals surface area contributed by atoms with Gasteiger partial charge in [-0.3, -0.25) is 14.4 Å². The summed E-state index contributed by atoms with van der Waals surface area (Å²) in [4.78, 5) is 49.1. The number of benzene rings is 3. The number of thioether (sulfide) groups is 1. The molecule has 45 heavy (non-hydrogen) atoms. The van der Waals surface area contributed by atoms with Crippen LogP contribution in [0.3, 0.4) is 0 Å². The van der Waals surface area contributed by atoms with Crippen molar-refractivity contribution in [2.24, 2.45) is 11.8 Å². The molecule has 0 radical (unpaired) electrons. The van der Waals surface area contributed by atoms with Gasteiger partial charge in [0, 0.05) is 30.6 Å². The molecule has 3 amide bonds. The highest BCUT2D eigenvalue weighted by Gasteiger charge is 2.74. The Kier molecular flexibility index (Phi) is 8.89. The Morgan fingerprint density at radius 1 is 1.02 bits per heavy atom. The zero-order valence-electron chi connectivity index (χ0n) is 25.8. The Bertz CT molecular complexity index is 1610. The SMILES string of the molecule is C=CCN(Cc1ccccc1)C(=O)[C@@H]1[C@H]2C(=O)N([C@@H](CC)CO)C(C(=O)N(CC=C)c3ccc4ccccc4c3)C23CC[C@H]1S3. The average molecular weight is 624 g/mol. The van der Waals surface area contributed by atoms with Crippen molar-refractivity contribution < 1.29 is 19.5 Å². The summed E-state index contributed by atoms with van der Waals surface area (Å²) in [6.45, 7) is 10.6. The van der Waals surface area contributed by atoms with Crippen LogP contribution in [0.25, 0.3) is 10.8 Å². The molecule has 3 fully saturated rings. The van der Waals surface area contributed by atoms with E-state index in [1.165, 1.54) is 0 Å². The fourth-order valence-electron chi connectivity index (χ4n) is 7.81. The maximum absolute atomic E-state index is 14.9. The largest absolute Gasteiger partial charge is 0.394 e. The van der Waals surface area contributed by atoms with Gasteiger partial charge in [0.05, 0.1) is 29.2 Å². The molecule has 3 saturated heterocycles. The van der Waals surface area contributed by atoms with E-state index in [1.807, 2.05) is 79.7 Å². The summed E-state index contributed by atoms with van der Waals surface area (Å²) in [7, 11) is 0. The Labute approximate surface area is 269 Å². The molecule has 2 bridgehead atoms. The number of hydrogen-bond donors (Lipinski definition) is 1. The standard InChI is InChI=1S/C37H41N3O4S/c1-4-20-38(23-25-12-8-7-9-13-25)34(42)31-30-18-19-37(45-30)32(31)35(43)40(28(6-3)24-41)33(37)36(44)39(21-5-2)29-17-16-26-14-10-11-15-27(26)22-29/h4-5,7-17,22,28,30-33,41H,1-2,6,18-21,23-24H2,3H3/t28-,30+,31-,32-,33?,37?/m0/s1. The van der Waals surface area contributed by atoms with Gasteiger partial charge in [0.2, 0.25) is 11.8 Å². The van der Waals surface area contributed by atoms with E-state index in [1.54, 1.807) is 38.6 Å². The van der Waals surface area contributed by atoms with E-state index < -0.39 is 28.7 Å². The molecule has 0 aromatic heterocycles. The van der Waals surface area contributed by atoms with Gasteiger partial charge in [-0.1, -0.05) is 79.7 Å². The number of hydrogen-bond acceptors (Lipinski definition) is 5. The molecule has 3 heterocycles. The molecule has 6 atom stereocenters. The predicted octanol–water partition coefficient (Wildman–Crippen LogP) is 5.44. The first-order valence-corrected chi connectivity index (χ1v) is 16.7. The third kappa shape index (κ3) is 5.28. The second kappa shape index (κ2) is 12.9. The summed E-state index contributed by atoms with van der Waals surface area (Å²) in [5.74, 6) is -1.66. The van der Waals surface area contributed by atoms with Gasteiger partial charge < -0.3 is 19.8 Å². The molecule has 6 rings (SSSR count). The molecule has 8 heteroatoms. The van der Waals surface area contributed by atoms with Crippen LogP contribution >= 0.6 is 11.8 Å². The Morgan fingerprint density at radius 3 is 2.42 bits per heavy atom. The summed E-state index contributed by atoms with van der Waals surface area (Å²) in [5, 5.41) is 12.5. The van der Waals surface area contributed by atoms with Gasteiger partial charge in [-0.05, 0) is 47.7 Å². The molecule has 7 nitrogen and oxygen atoms in total. The van der Waals surface area contributed by atoms with Crippen molar-refractivity contribution in [1.29, 1.82) is 0 Å².